The summed E-state index contributed by atoms with van der Waals surface area (Å²) in [5.74, 6) is -1.70. The van der Waals surface area contributed by atoms with Crippen molar-refractivity contribution in [2.75, 3.05) is 48.5 Å². The molecule has 2 aliphatic heterocycles. The molecular weight excluding hydrogens is 756 g/mol. The minimum atomic E-state index is -4.12. The van der Waals surface area contributed by atoms with E-state index in [0.717, 1.165) is 28.9 Å². The van der Waals surface area contributed by atoms with Gasteiger partial charge >= 0.3 is 18.3 Å². The van der Waals surface area contributed by atoms with Crippen molar-refractivity contribution in [2.24, 2.45) is 11.8 Å². The van der Waals surface area contributed by atoms with E-state index in [1.54, 1.807) is 28.9 Å². The number of rotatable bonds is 11. The lowest BCUT2D eigenvalue weighted by molar-refractivity contribution is -0.186. The number of carbonyl (C=O) groups excluding carboxylic acids is 3. The molecule has 0 saturated heterocycles. The smallest absolute Gasteiger partial charge is 0.391 e. The van der Waals surface area contributed by atoms with Gasteiger partial charge in [-0.3, -0.25) is 14.4 Å². The van der Waals surface area contributed by atoms with Crippen LogP contribution in [0.4, 0.5) is 37.7 Å². The number of nitrogens with one attached hydrogen (secondary N) is 1. The molecule has 0 aromatic heterocycles. The maximum Gasteiger partial charge on any atom is 0.391 e. The highest BCUT2D eigenvalue weighted by Crippen LogP contribution is 2.41. The van der Waals surface area contributed by atoms with Gasteiger partial charge in [-0.1, -0.05) is 0 Å². The first-order valence-electron chi connectivity index (χ1n) is 18.9. The quantitative estimate of drug-likeness (QED) is 0.107. The number of nitrogens with zero attached hydrogens (tertiary/aromatic N) is 2. The molecule has 1 N–H and O–H groups in total. The summed E-state index contributed by atoms with van der Waals surface area (Å²) in [6.45, 7) is 3.74. The molecule has 9 nitrogen and oxygen atoms in total. The number of anilines is 2. The third kappa shape index (κ3) is 11.7. The molecule has 6 rings (SSSR count). The topological polar surface area (TPSA) is 97.4 Å². The van der Waals surface area contributed by atoms with Crippen LogP contribution in [0.5, 0.6) is 11.5 Å². The Kier molecular flexibility index (Phi) is 14.6. The van der Waals surface area contributed by atoms with Gasteiger partial charge in [0.25, 0.3) is 0 Å². The third-order valence-corrected chi connectivity index (χ3v) is 10.8. The lowest BCUT2D eigenvalue weighted by Crippen LogP contribution is -2.37. The number of amides is 2. The monoisotopic (exact) mass is 803 g/mol. The van der Waals surface area contributed by atoms with Gasteiger partial charge in [0.2, 0.25) is 11.8 Å². The molecule has 0 radical (unpaired) electrons. The average Bonchev–Trinajstić information content (AvgIpc) is 3.77. The van der Waals surface area contributed by atoms with E-state index in [9.17, 15) is 40.7 Å². The van der Waals surface area contributed by atoms with E-state index < -0.39 is 24.2 Å². The van der Waals surface area contributed by atoms with Crippen LogP contribution in [0.15, 0.2) is 36.4 Å². The maximum absolute atomic E-state index is 12.8. The summed E-state index contributed by atoms with van der Waals surface area (Å²) < 4.78 is 93.2. The fourth-order valence-electron chi connectivity index (χ4n) is 7.61. The number of hydrogen-bond acceptors (Lipinski definition) is 7. The Morgan fingerprint density at radius 3 is 1.60 bits per heavy atom. The van der Waals surface area contributed by atoms with Crippen LogP contribution in [0, 0.1) is 11.8 Å². The molecule has 0 spiro atoms. The molecular formula is C39H48ClF6N3O6. The average molecular weight is 804 g/mol. The number of hydrogen-bond donors (Lipinski definition) is 1. The standard InChI is InChI=1S/C22H29F3N2O4.C17H19ClF3NO2/c1-2-30-21(29)9-11-26-14-20(28)27-12-10-15-13-18(7-8-19(15)27)31-17-5-3-16(4-6-17)22(23,24)25;18-10-16(23)22-8-7-11-9-14(5-6-15(11)22)24-13-3-1-12(2-4-13)17(19,20)21/h7-8,13,16-17,26H,2-6,9-12,14H2,1H3;5-6,9,12-13H,1-4,7-8,10H2. The second-order valence-corrected chi connectivity index (χ2v) is 14.6. The Labute approximate surface area is 322 Å². The van der Waals surface area contributed by atoms with Crippen LogP contribution in [-0.4, -0.2) is 81.0 Å². The van der Waals surface area contributed by atoms with Gasteiger partial charge in [-0.15, -0.1) is 11.6 Å². The van der Waals surface area contributed by atoms with Crippen molar-refractivity contribution in [3.05, 3.63) is 47.5 Å². The van der Waals surface area contributed by atoms with Crippen molar-refractivity contribution in [2.45, 2.75) is 102 Å². The molecule has 0 bridgehead atoms. The molecule has 4 aliphatic rings. The molecule has 2 aromatic rings. The van der Waals surface area contributed by atoms with Crippen LogP contribution in [-0.2, 0) is 32.0 Å². The van der Waals surface area contributed by atoms with Crippen LogP contribution >= 0.6 is 11.6 Å². The normalized spacial score (nSPS) is 22.3. The number of alkyl halides is 7. The van der Waals surface area contributed by atoms with Crippen molar-refractivity contribution in [3.8, 4) is 11.5 Å². The Morgan fingerprint density at radius 1 is 0.727 bits per heavy atom. The summed E-state index contributed by atoms with van der Waals surface area (Å²) in [4.78, 5) is 39.0. The summed E-state index contributed by atoms with van der Waals surface area (Å²) in [6, 6.07) is 11.0. The van der Waals surface area contributed by atoms with E-state index in [1.165, 1.54) is 0 Å². The maximum atomic E-state index is 12.8. The SMILES string of the molecule is CCOC(=O)CCNCC(=O)N1CCc2cc(OC3CCC(C(F)(F)F)CC3)ccc21.O=C(CCl)N1CCc2cc(OC3CCC(C(F)(F)F)CC3)ccc21. The second-order valence-electron chi connectivity index (χ2n) is 14.3. The summed E-state index contributed by atoms with van der Waals surface area (Å²) in [5.41, 5.74) is 3.66. The van der Waals surface area contributed by atoms with Crippen LogP contribution < -0.4 is 24.6 Å². The van der Waals surface area contributed by atoms with Crippen molar-refractivity contribution < 1.29 is 54.9 Å². The third-order valence-electron chi connectivity index (χ3n) is 10.6. The second kappa shape index (κ2) is 18.9. The Morgan fingerprint density at radius 2 is 1.18 bits per heavy atom. The number of halogens is 7. The Hall–Kier alpha value is -3.72. The highest BCUT2D eigenvalue weighted by atomic mass is 35.5. The molecule has 55 heavy (non-hydrogen) atoms. The van der Waals surface area contributed by atoms with Crippen molar-refractivity contribution >= 4 is 40.8 Å². The van der Waals surface area contributed by atoms with E-state index in [-0.39, 0.29) is 74.5 Å². The number of ether oxygens (including phenoxy) is 3. The van der Waals surface area contributed by atoms with Gasteiger partial charge < -0.3 is 29.3 Å². The van der Waals surface area contributed by atoms with Crippen LogP contribution in [0.3, 0.4) is 0 Å². The first-order valence-corrected chi connectivity index (χ1v) is 19.4. The molecule has 16 heteroatoms. The molecule has 2 fully saturated rings. The van der Waals surface area contributed by atoms with Gasteiger partial charge in [0, 0.05) is 31.0 Å². The van der Waals surface area contributed by atoms with Gasteiger partial charge in [-0.25, -0.2) is 0 Å². The van der Waals surface area contributed by atoms with Gasteiger partial charge in [-0.05, 0) is 119 Å². The van der Waals surface area contributed by atoms with E-state index in [2.05, 4.69) is 5.32 Å². The molecule has 0 unspecified atom stereocenters. The fourth-order valence-corrected chi connectivity index (χ4v) is 7.75. The number of benzene rings is 2. The van der Waals surface area contributed by atoms with E-state index in [0.29, 0.717) is 69.8 Å². The Bertz CT molecular complexity index is 1630. The predicted octanol–water partition coefficient (Wildman–Crippen LogP) is 7.93. The summed E-state index contributed by atoms with van der Waals surface area (Å²) in [6.07, 6.45) is -4.91. The summed E-state index contributed by atoms with van der Waals surface area (Å²) in [7, 11) is 0. The summed E-state index contributed by atoms with van der Waals surface area (Å²) in [5, 5.41) is 2.97. The van der Waals surface area contributed by atoms with E-state index in [4.69, 9.17) is 25.8 Å². The molecule has 2 saturated carbocycles. The summed E-state index contributed by atoms with van der Waals surface area (Å²) >= 11 is 5.61. The van der Waals surface area contributed by atoms with Crippen molar-refractivity contribution in [3.63, 3.8) is 0 Å². The van der Waals surface area contributed by atoms with Gasteiger partial charge in [0.05, 0.1) is 43.6 Å². The molecule has 2 amide bonds. The first-order chi connectivity index (χ1) is 26.2. The van der Waals surface area contributed by atoms with Crippen molar-refractivity contribution in [1.29, 1.82) is 0 Å². The highest BCUT2D eigenvalue weighted by Gasteiger charge is 2.43. The Balaban J connectivity index is 0.000000218. The van der Waals surface area contributed by atoms with Gasteiger partial charge in [0.15, 0.2) is 0 Å². The van der Waals surface area contributed by atoms with Crippen LogP contribution in [0.2, 0.25) is 0 Å². The number of esters is 1. The van der Waals surface area contributed by atoms with Gasteiger partial charge in [-0.2, -0.15) is 26.3 Å². The zero-order valence-corrected chi connectivity index (χ0v) is 31.5. The van der Waals surface area contributed by atoms with E-state index in [1.807, 2.05) is 24.3 Å². The lowest BCUT2D eigenvalue weighted by Gasteiger charge is -2.30. The molecule has 2 heterocycles. The predicted molar refractivity (Wildman–Crippen MR) is 195 cm³/mol. The molecule has 2 aliphatic carbocycles. The number of fused-ring (bicyclic) bond motifs is 2. The zero-order valence-electron chi connectivity index (χ0n) is 30.8. The largest absolute Gasteiger partial charge is 0.490 e. The van der Waals surface area contributed by atoms with E-state index >= 15 is 0 Å². The zero-order chi connectivity index (χ0) is 39.8. The molecule has 2 aromatic carbocycles. The first kappa shape index (κ1) is 42.4. The minimum absolute atomic E-state index is 0.0554. The van der Waals surface area contributed by atoms with Crippen LogP contribution in [0.1, 0.15) is 75.8 Å². The minimum Gasteiger partial charge on any atom is -0.490 e. The highest BCUT2D eigenvalue weighted by molar-refractivity contribution is 6.29. The molecule has 0 atom stereocenters. The lowest BCUT2D eigenvalue weighted by atomic mass is 9.87. The fraction of sp³-hybridized carbons (Fsp3) is 0.615. The van der Waals surface area contributed by atoms with Gasteiger partial charge in [0.1, 0.15) is 17.4 Å². The van der Waals surface area contributed by atoms with Crippen molar-refractivity contribution in [1.82, 2.24) is 5.32 Å². The number of carbonyl (C=O) groups is 3. The van der Waals surface area contributed by atoms with Crippen LogP contribution in [0.25, 0.3) is 0 Å². The molecule has 304 valence electrons.